The minimum atomic E-state index is -3.00. The number of carbonyl (C=O) groups excluding carboxylic acids is 1. The number of amides is 1. The third kappa shape index (κ3) is 4.99. The van der Waals surface area contributed by atoms with E-state index in [1.54, 1.807) is 6.07 Å². The lowest BCUT2D eigenvalue weighted by Crippen LogP contribution is -2.48. The van der Waals surface area contributed by atoms with Crippen molar-refractivity contribution < 1.29 is 32.5 Å². The van der Waals surface area contributed by atoms with Crippen molar-refractivity contribution in [1.82, 2.24) is 9.88 Å². The average Bonchev–Trinajstić information content (AvgIpc) is 2.83. The molecule has 0 bridgehead atoms. The summed E-state index contributed by atoms with van der Waals surface area (Å²) in [4.78, 5) is 18.1. The number of benzene rings is 1. The zero-order valence-corrected chi connectivity index (χ0v) is 17.8. The second-order valence-electron chi connectivity index (χ2n) is 7.84. The highest BCUT2D eigenvalue weighted by Gasteiger charge is 2.46. The molecule has 1 aromatic carbocycles. The summed E-state index contributed by atoms with van der Waals surface area (Å²) >= 11 is 0. The topological polar surface area (TPSA) is 70.1 Å². The number of halogens is 2. The Kier molecular flexibility index (Phi) is 6.86. The molecule has 2 saturated heterocycles. The fourth-order valence-corrected chi connectivity index (χ4v) is 3.91. The van der Waals surface area contributed by atoms with Gasteiger partial charge in [-0.3, -0.25) is 0 Å². The summed E-state index contributed by atoms with van der Waals surface area (Å²) in [6.07, 6.45) is 0.316. The summed E-state index contributed by atoms with van der Waals surface area (Å²) in [5.74, 6) is -3.97. The number of methoxy groups -OCH3 is 1. The zero-order valence-electron chi connectivity index (χ0n) is 17.8. The van der Waals surface area contributed by atoms with Gasteiger partial charge in [-0.25, -0.2) is 18.6 Å². The molecule has 4 rings (SSSR count). The standard InChI is InChI=1S/C23H26F2N2O5/c1-29-20-18(21-30-10-5-11-31-21)12-17(13-26-20)19-14-27(9-8-23(19,24)25)22(28)32-15-16-6-3-2-4-7-16/h2-4,6-7,12-13,19,21H,5,8-11,14-15H2,1H3. The van der Waals surface area contributed by atoms with Gasteiger partial charge in [-0.2, -0.15) is 0 Å². The van der Waals surface area contributed by atoms with Crippen molar-refractivity contribution >= 4 is 6.09 Å². The van der Waals surface area contributed by atoms with Gasteiger partial charge >= 0.3 is 6.09 Å². The molecule has 172 valence electrons. The molecule has 1 atom stereocenters. The van der Waals surface area contributed by atoms with Crippen LogP contribution in [-0.4, -0.2) is 55.3 Å². The number of carbonyl (C=O) groups is 1. The van der Waals surface area contributed by atoms with Crippen molar-refractivity contribution in [3.8, 4) is 5.88 Å². The molecule has 1 aromatic heterocycles. The van der Waals surface area contributed by atoms with Crippen LogP contribution in [0.2, 0.25) is 0 Å². The molecule has 2 aromatic rings. The van der Waals surface area contributed by atoms with Crippen LogP contribution in [0, 0.1) is 0 Å². The second kappa shape index (κ2) is 9.79. The smallest absolute Gasteiger partial charge is 0.410 e. The van der Waals surface area contributed by atoms with E-state index in [-0.39, 0.29) is 25.6 Å². The normalized spacial score (nSPS) is 21.2. The minimum absolute atomic E-state index is 0.0809. The number of alkyl halides is 2. The number of ether oxygens (including phenoxy) is 4. The third-order valence-corrected chi connectivity index (χ3v) is 5.67. The predicted octanol–water partition coefficient (Wildman–Crippen LogP) is 4.29. The van der Waals surface area contributed by atoms with E-state index in [0.29, 0.717) is 24.3 Å². The van der Waals surface area contributed by atoms with E-state index in [4.69, 9.17) is 18.9 Å². The van der Waals surface area contributed by atoms with E-state index in [1.807, 2.05) is 30.3 Å². The first kappa shape index (κ1) is 22.4. The van der Waals surface area contributed by atoms with Crippen molar-refractivity contribution in [1.29, 1.82) is 0 Å². The summed E-state index contributed by atoms with van der Waals surface area (Å²) in [5, 5.41) is 0. The van der Waals surface area contributed by atoms with Crippen LogP contribution in [0.4, 0.5) is 13.6 Å². The highest BCUT2D eigenvalue weighted by Crippen LogP contribution is 2.42. The van der Waals surface area contributed by atoms with Crippen LogP contribution in [-0.2, 0) is 20.8 Å². The van der Waals surface area contributed by atoms with Gasteiger partial charge < -0.3 is 23.8 Å². The fourth-order valence-electron chi connectivity index (χ4n) is 3.91. The van der Waals surface area contributed by atoms with Crippen molar-refractivity contribution in [3.05, 3.63) is 59.3 Å². The minimum Gasteiger partial charge on any atom is -0.481 e. The van der Waals surface area contributed by atoms with Crippen LogP contribution in [0.5, 0.6) is 5.88 Å². The molecule has 0 radical (unpaired) electrons. The first-order valence-corrected chi connectivity index (χ1v) is 10.6. The van der Waals surface area contributed by atoms with Crippen LogP contribution in [0.3, 0.4) is 0 Å². The third-order valence-electron chi connectivity index (χ3n) is 5.67. The molecule has 1 amide bonds. The van der Waals surface area contributed by atoms with Gasteiger partial charge in [0.2, 0.25) is 5.88 Å². The van der Waals surface area contributed by atoms with Crippen LogP contribution >= 0.6 is 0 Å². The lowest BCUT2D eigenvalue weighted by Gasteiger charge is -2.38. The Morgan fingerprint density at radius 1 is 1.25 bits per heavy atom. The maximum Gasteiger partial charge on any atom is 0.410 e. The summed E-state index contributed by atoms with van der Waals surface area (Å²) < 4.78 is 51.7. The lowest BCUT2D eigenvalue weighted by atomic mass is 9.87. The van der Waals surface area contributed by atoms with Crippen molar-refractivity contribution in [3.63, 3.8) is 0 Å². The molecule has 0 aliphatic carbocycles. The molecule has 7 nitrogen and oxygen atoms in total. The number of hydrogen-bond donors (Lipinski definition) is 0. The molecule has 1 unspecified atom stereocenters. The average molecular weight is 448 g/mol. The van der Waals surface area contributed by atoms with Gasteiger partial charge in [0, 0.05) is 25.7 Å². The zero-order chi connectivity index (χ0) is 22.6. The summed E-state index contributed by atoms with van der Waals surface area (Å²) in [7, 11) is 1.45. The Labute approximate surface area is 185 Å². The predicted molar refractivity (Wildman–Crippen MR) is 111 cm³/mol. The lowest BCUT2D eigenvalue weighted by molar-refractivity contribution is -0.183. The number of piperidine rings is 1. The van der Waals surface area contributed by atoms with E-state index >= 15 is 0 Å². The van der Waals surface area contributed by atoms with Gasteiger partial charge in [-0.05, 0) is 23.6 Å². The molecule has 0 spiro atoms. The van der Waals surface area contributed by atoms with Crippen LogP contribution in [0.15, 0.2) is 42.6 Å². The van der Waals surface area contributed by atoms with Gasteiger partial charge in [0.1, 0.15) is 6.61 Å². The molecule has 2 aliphatic rings. The van der Waals surface area contributed by atoms with Gasteiger partial charge in [0.25, 0.3) is 5.92 Å². The quantitative estimate of drug-likeness (QED) is 0.680. The molecule has 0 N–H and O–H groups in total. The molecular formula is C23H26F2N2O5. The van der Waals surface area contributed by atoms with Crippen molar-refractivity contribution in [2.24, 2.45) is 0 Å². The van der Waals surface area contributed by atoms with Crippen molar-refractivity contribution in [2.75, 3.05) is 33.4 Å². The van der Waals surface area contributed by atoms with Gasteiger partial charge in [0.15, 0.2) is 6.29 Å². The van der Waals surface area contributed by atoms with Crippen LogP contribution in [0.25, 0.3) is 0 Å². The van der Waals surface area contributed by atoms with E-state index in [2.05, 4.69) is 4.98 Å². The van der Waals surface area contributed by atoms with E-state index in [9.17, 15) is 13.6 Å². The Morgan fingerprint density at radius 2 is 2.00 bits per heavy atom. The van der Waals surface area contributed by atoms with Gasteiger partial charge in [-0.15, -0.1) is 0 Å². The maximum atomic E-state index is 14.9. The number of pyridine rings is 1. The van der Waals surface area contributed by atoms with Crippen LogP contribution in [0.1, 0.15) is 41.7 Å². The van der Waals surface area contributed by atoms with E-state index in [0.717, 1.165) is 12.0 Å². The number of rotatable bonds is 5. The summed E-state index contributed by atoms with van der Waals surface area (Å²) in [5.41, 5.74) is 1.59. The van der Waals surface area contributed by atoms with Crippen molar-refractivity contribution in [2.45, 2.75) is 37.6 Å². The number of likely N-dealkylation sites (tertiary alicyclic amines) is 1. The number of nitrogens with zero attached hydrogens (tertiary/aromatic N) is 2. The molecule has 0 saturated carbocycles. The molecule has 3 heterocycles. The number of hydrogen-bond acceptors (Lipinski definition) is 6. The van der Waals surface area contributed by atoms with Gasteiger partial charge in [-0.1, -0.05) is 30.3 Å². The first-order valence-electron chi connectivity index (χ1n) is 10.6. The van der Waals surface area contributed by atoms with E-state index in [1.165, 1.54) is 18.2 Å². The number of aromatic nitrogens is 1. The molecule has 9 heteroatoms. The Bertz CT molecular complexity index is 922. The second-order valence-corrected chi connectivity index (χ2v) is 7.84. The van der Waals surface area contributed by atoms with E-state index < -0.39 is 30.6 Å². The molecule has 32 heavy (non-hydrogen) atoms. The molecule has 2 fully saturated rings. The SMILES string of the molecule is COc1ncc(C2CN(C(=O)OCc3ccccc3)CCC2(F)F)cc1C1OCCCO1. The summed E-state index contributed by atoms with van der Waals surface area (Å²) in [6, 6.07) is 10.8. The molecule has 2 aliphatic heterocycles. The Hall–Kier alpha value is -2.78. The highest BCUT2D eigenvalue weighted by molar-refractivity contribution is 5.68. The largest absolute Gasteiger partial charge is 0.481 e. The summed E-state index contributed by atoms with van der Waals surface area (Å²) in [6.45, 7) is 0.821. The maximum absolute atomic E-state index is 14.9. The Morgan fingerprint density at radius 3 is 2.72 bits per heavy atom. The Balaban J connectivity index is 1.51. The monoisotopic (exact) mass is 448 g/mol. The van der Waals surface area contributed by atoms with Gasteiger partial charge in [0.05, 0.1) is 31.8 Å². The highest BCUT2D eigenvalue weighted by atomic mass is 19.3. The molecular weight excluding hydrogens is 422 g/mol. The first-order chi connectivity index (χ1) is 15.5. The fraction of sp³-hybridized carbons (Fsp3) is 0.478. The van der Waals surface area contributed by atoms with Crippen LogP contribution < -0.4 is 4.74 Å².